The molecule has 0 aliphatic rings. The van der Waals surface area contributed by atoms with E-state index in [1.165, 1.54) is 0 Å². The van der Waals surface area contributed by atoms with Crippen molar-refractivity contribution in [2.75, 3.05) is 0 Å². The maximum absolute atomic E-state index is 5.61. The highest BCUT2D eigenvalue weighted by Crippen LogP contribution is 2.22. The van der Waals surface area contributed by atoms with Crippen molar-refractivity contribution in [1.82, 2.24) is 9.97 Å². The lowest BCUT2D eigenvalue weighted by Crippen LogP contribution is -1.92. The maximum Gasteiger partial charge on any atom is 0.199 e. The first-order valence-corrected chi connectivity index (χ1v) is 5.02. The topological polar surface area (TPSA) is 38.9 Å². The first-order valence-electron chi connectivity index (χ1n) is 5.02. The Labute approximate surface area is 83.2 Å². The first-order chi connectivity index (χ1) is 6.81. The van der Waals surface area contributed by atoms with Crippen LogP contribution in [0.5, 0.6) is 0 Å². The molecule has 0 amide bonds. The predicted octanol–water partition coefficient (Wildman–Crippen LogP) is 3.13. The first kappa shape index (κ1) is 9.19. The van der Waals surface area contributed by atoms with Gasteiger partial charge in [-0.25, -0.2) is 4.98 Å². The molecule has 0 aliphatic carbocycles. The molecule has 0 aliphatic heterocycles. The second-order valence-corrected chi connectivity index (χ2v) is 3.57. The maximum atomic E-state index is 5.61. The highest BCUT2D eigenvalue weighted by atomic mass is 16.3. The molecule has 0 radical (unpaired) electrons. The standard InChI is InChI=1S/C11H14N2O/c1-3-5-8(2)11-13-10-9(14-11)6-4-7-12-10/h4,6-8H,3,5H2,1-2H3. The van der Waals surface area contributed by atoms with E-state index in [0.29, 0.717) is 11.6 Å². The van der Waals surface area contributed by atoms with Gasteiger partial charge in [0.15, 0.2) is 17.1 Å². The average Bonchev–Trinajstić information content (AvgIpc) is 2.61. The van der Waals surface area contributed by atoms with Gasteiger partial charge >= 0.3 is 0 Å². The molecule has 74 valence electrons. The Hall–Kier alpha value is -1.38. The fourth-order valence-corrected chi connectivity index (χ4v) is 1.55. The Bertz CT molecular complexity index is 389. The van der Waals surface area contributed by atoms with Gasteiger partial charge in [-0.2, -0.15) is 4.98 Å². The van der Waals surface area contributed by atoms with Gasteiger partial charge in [0, 0.05) is 12.1 Å². The zero-order valence-corrected chi connectivity index (χ0v) is 8.53. The van der Waals surface area contributed by atoms with E-state index in [2.05, 4.69) is 23.8 Å². The van der Waals surface area contributed by atoms with E-state index < -0.39 is 0 Å². The van der Waals surface area contributed by atoms with Gasteiger partial charge in [0.05, 0.1) is 0 Å². The van der Waals surface area contributed by atoms with Crippen LogP contribution in [0.25, 0.3) is 11.2 Å². The molecule has 1 unspecified atom stereocenters. The quantitative estimate of drug-likeness (QED) is 0.746. The molecule has 0 saturated heterocycles. The number of fused-ring (bicyclic) bond motifs is 1. The predicted molar refractivity (Wildman–Crippen MR) is 55.1 cm³/mol. The fourth-order valence-electron chi connectivity index (χ4n) is 1.55. The van der Waals surface area contributed by atoms with Crippen LogP contribution in [-0.2, 0) is 0 Å². The third kappa shape index (κ3) is 1.62. The van der Waals surface area contributed by atoms with E-state index in [4.69, 9.17) is 4.42 Å². The molecular formula is C11H14N2O. The Morgan fingerprint density at radius 1 is 1.50 bits per heavy atom. The lowest BCUT2D eigenvalue weighted by atomic mass is 10.1. The normalized spacial score (nSPS) is 13.3. The third-order valence-electron chi connectivity index (χ3n) is 2.32. The van der Waals surface area contributed by atoms with Crippen LogP contribution in [0.15, 0.2) is 22.7 Å². The van der Waals surface area contributed by atoms with Gasteiger partial charge in [-0.15, -0.1) is 0 Å². The van der Waals surface area contributed by atoms with E-state index in [1.807, 2.05) is 12.1 Å². The van der Waals surface area contributed by atoms with E-state index >= 15 is 0 Å². The molecule has 2 heterocycles. The average molecular weight is 190 g/mol. The summed E-state index contributed by atoms with van der Waals surface area (Å²) >= 11 is 0. The van der Waals surface area contributed by atoms with Crippen LogP contribution in [0.3, 0.4) is 0 Å². The summed E-state index contributed by atoms with van der Waals surface area (Å²) in [6, 6.07) is 3.76. The summed E-state index contributed by atoms with van der Waals surface area (Å²) in [5, 5.41) is 0. The number of hydrogen-bond acceptors (Lipinski definition) is 3. The Kier molecular flexibility index (Phi) is 2.48. The van der Waals surface area contributed by atoms with Crippen molar-refractivity contribution < 1.29 is 4.42 Å². The summed E-state index contributed by atoms with van der Waals surface area (Å²) in [5.41, 5.74) is 1.50. The molecule has 0 bridgehead atoms. The van der Waals surface area contributed by atoms with E-state index in [0.717, 1.165) is 24.3 Å². The van der Waals surface area contributed by atoms with Crippen molar-refractivity contribution in [1.29, 1.82) is 0 Å². The summed E-state index contributed by atoms with van der Waals surface area (Å²) in [6.07, 6.45) is 3.99. The second kappa shape index (κ2) is 3.78. The number of oxazole rings is 1. The van der Waals surface area contributed by atoms with Crippen LogP contribution in [-0.4, -0.2) is 9.97 Å². The van der Waals surface area contributed by atoms with Gasteiger partial charge in [0.1, 0.15) is 0 Å². The van der Waals surface area contributed by atoms with E-state index in [9.17, 15) is 0 Å². The lowest BCUT2D eigenvalue weighted by molar-refractivity contribution is 0.467. The van der Waals surface area contributed by atoms with Crippen molar-refractivity contribution in [2.45, 2.75) is 32.6 Å². The second-order valence-electron chi connectivity index (χ2n) is 3.57. The number of pyridine rings is 1. The molecule has 3 heteroatoms. The minimum Gasteiger partial charge on any atom is -0.439 e. The van der Waals surface area contributed by atoms with E-state index in [1.54, 1.807) is 6.20 Å². The van der Waals surface area contributed by atoms with Gasteiger partial charge in [0.25, 0.3) is 0 Å². The number of nitrogens with zero attached hydrogens (tertiary/aromatic N) is 2. The number of hydrogen-bond donors (Lipinski definition) is 0. The molecule has 0 aromatic carbocycles. The third-order valence-corrected chi connectivity index (χ3v) is 2.32. The van der Waals surface area contributed by atoms with Crippen LogP contribution >= 0.6 is 0 Å². The molecule has 2 rings (SSSR count). The van der Waals surface area contributed by atoms with Crippen LogP contribution in [0, 0.1) is 0 Å². The summed E-state index contributed by atoms with van der Waals surface area (Å²) in [6.45, 7) is 4.30. The van der Waals surface area contributed by atoms with Crippen molar-refractivity contribution in [3.8, 4) is 0 Å². The van der Waals surface area contributed by atoms with Crippen LogP contribution < -0.4 is 0 Å². The molecular weight excluding hydrogens is 176 g/mol. The highest BCUT2D eigenvalue weighted by Gasteiger charge is 2.12. The molecule has 0 N–H and O–H groups in total. The van der Waals surface area contributed by atoms with Crippen LogP contribution in [0.4, 0.5) is 0 Å². The summed E-state index contributed by atoms with van der Waals surface area (Å²) in [4.78, 5) is 8.49. The summed E-state index contributed by atoms with van der Waals surface area (Å²) < 4.78 is 5.61. The largest absolute Gasteiger partial charge is 0.439 e. The summed E-state index contributed by atoms with van der Waals surface area (Å²) in [5.74, 6) is 1.19. The minimum atomic E-state index is 0.384. The van der Waals surface area contributed by atoms with E-state index in [-0.39, 0.29) is 0 Å². The zero-order chi connectivity index (χ0) is 9.97. The van der Waals surface area contributed by atoms with Crippen molar-refractivity contribution >= 4 is 11.2 Å². The molecule has 0 saturated carbocycles. The number of rotatable bonds is 3. The van der Waals surface area contributed by atoms with Crippen LogP contribution in [0.1, 0.15) is 38.5 Å². The molecule has 0 fully saturated rings. The van der Waals surface area contributed by atoms with Gasteiger partial charge in [-0.05, 0) is 18.6 Å². The lowest BCUT2D eigenvalue weighted by Gasteiger charge is -2.02. The molecule has 3 nitrogen and oxygen atoms in total. The summed E-state index contributed by atoms with van der Waals surface area (Å²) in [7, 11) is 0. The SMILES string of the molecule is CCCC(C)c1nc2ncccc2o1. The number of aromatic nitrogens is 2. The molecule has 14 heavy (non-hydrogen) atoms. The molecule has 2 aromatic heterocycles. The van der Waals surface area contributed by atoms with Crippen molar-refractivity contribution in [3.05, 3.63) is 24.2 Å². The van der Waals surface area contributed by atoms with Crippen molar-refractivity contribution in [2.24, 2.45) is 0 Å². The van der Waals surface area contributed by atoms with Gasteiger partial charge in [0.2, 0.25) is 0 Å². The van der Waals surface area contributed by atoms with Gasteiger partial charge in [-0.3, -0.25) is 0 Å². The highest BCUT2D eigenvalue weighted by molar-refractivity contribution is 5.66. The monoisotopic (exact) mass is 190 g/mol. The molecule has 1 atom stereocenters. The fraction of sp³-hybridized carbons (Fsp3) is 0.455. The van der Waals surface area contributed by atoms with Crippen molar-refractivity contribution in [3.63, 3.8) is 0 Å². The Morgan fingerprint density at radius 3 is 3.07 bits per heavy atom. The van der Waals surface area contributed by atoms with Gasteiger partial charge < -0.3 is 4.42 Å². The van der Waals surface area contributed by atoms with Gasteiger partial charge in [-0.1, -0.05) is 20.3 Å². The Balaban J connectivity index is 2.35. The minimum absolute atomic E-state index is 0.384. The zero-order valence-electron chi connectivity index (χ0n) is 8.53. The van der Waals surface area contributed by atoms with Crippen LogP contribution in [0.2, 0.25) is 0 Å². The molecule has 2 aromatic rings. The molecule has 0 spiro atoms. The Morgan fingerprint density at radius 2 is 2.36 bits per heavy atom. The smallest absolute Gasteiger partial charge is 0.199 e.